The van der Waals surface area contributed by atoms with Crippen LogP contribution in [0, 0.1) is 27.7 Å². The van der Waals surface area contributed by atoms with Gasteiger partial charge in [-0.1, -0.05) is 22.9 Å². The molecule has 0 fully saturated rings. The van der Waals surface area contributed by atoms with E-state index in [0.29, 0.717) is 28.1 Å². The van der Waals surface area contributed by atoms with Gasteiger partial charge in [0.1, 0.15) is 11.5 Å². The Balaban J connectivity index is 1.51. The van der Waals surface area contributed by atoms with Gasteiger partial charge in [-0.25, -0.2) is 18.1 Å². The van der Waals surface area contributed by atoms with Crippen LogP contribution in [0.1, 0.15) is 33.1 Å². The average molecular weight is 469 g/mol. The number of hydrogen-bond acceptors (Lipinski definition) is 7. The van der Waals surface area contributed by atoms with Crippen LogP contribution in [0.25, 0.3) is 22.4 Å². The fourth-order valence-electron chi connectivity index (χ4n) is 3.55. The van der Waals surface area contributed by atoms with E-state index in [1.807, 2.05) is 26.8 Å². The molecule has 4 rings (SSSR count). The fraction of sp³-hybridized carbons (Fsp3) is 0.261. The Morgan fingerprint density at radius 3 is 2.42 bits per heavy atom. The Kier molecular flexibility index (Phi) is 6.05. The molecule has 0 atom stereocenters. The minimum atomic E-state index is -3.66. The second-order valence-electron chi connectivity index (χ2n) is 7.80. The molecule has 1 amide bonds. The van der Waals surface area contributed by atoms with Crippen LogP contribution in [0.2, 0.25) is 0 Å². The van der Waals surface area contributed by atoms with Crippen molar-refractivity contribution in [3.05, 3.63) is 64.7 Å². The lowest BCUT2D eigenvalue weighted by Gasteiger charge is -2.10. The van der Waals surface area contributed by atoms with Gasteiger partial charge in [0.15, 0.2) is 0 Å². The number of hydrogen-bond donors (Lipinski definition) is 2. The monoisotopic (exact) mass is 468 g/mol. The van der Waals surface area contributed by atoms with E-state index in [9.17, 15) is 13.2 Å². The molecule has 0 aliphatic carbocycles. The molecule has 0 aliphatic heterocycles. The minimum absolute atomic E-state index is 0.0334. The average Bonchev–Trinajstić information content (AvgIpc) is 3.32. The van der Waals surface area contributed by atoms with Gasteiger partial charge in [0, 0.05) is 18.7 Å². The Hall–Kier alpha value is -3.50. The molecular formula is C23H24N4O5S. The SMILES string of the molecule is Cc1ccc(S(=O)(=O)NCCNC(=O)c2cc(-c3cc(C)oc3C)nc3onc(C)c23)cc1. The van der Waals surface area contributed by atoms with Crippen molar-refractivity contribution < 1.29 is 22.2 Å². The zero-order valence-electron chi connectivity index (χ0n) is 18.7. The molecule has 0 radical (unpaired) electrons. The van der Waals surface area contributed by atoms with Gasteiger partial charge in [-0.05, 0) is 52.0 Å². The van der Waals surface area contributed by atoms with Crippen LogP contribution in [0.3, 0.4) is 0 Å². The molecule has 2 N–H and O–H groups in total. The number of fused-ring (bicyclic) bond motifs is 1. The molecular weight excluding hydrogens is 444 g/mol. The van der Waals surface area contributed by atoms with Gasteiger partial charge in [0.25, 0.3) is 11.6 Å². The van der Waals surface area contributed by atoms with Crippen LogP contribution >= 0.6 is 0 Å². The molecule has 0 aliphatic rings. The van der Waals surface area contributed by atoms with E-state index in [1.54, 1.807) is 37.3 Å². The number of furan rings is 1. The van der Waals surface area contributed by atoms with E-state index in [1.165, 1.54) is 0 Å². The number of benzene rings is 1. The maximum absolute atomic E-state index is 13.0. The maximum Gasteiger partial charge on any atom is 0.259 e. The van der Waals surface area contributed by atoms with Gasteiger partial charge < -0.3 is 14.3 Å². The van der Waals surface area contributed by atoms with Gasteiger partial charge in [-0.15, -0.1) is 0 Å². The third-order valence-electron chi connectivity index (χ3n) is 5.21. The Morgan fingerprint density at radius 2 is 1.76 bits per heavy atom. The molecule has 3 aromatic heterocycles. The third-order valence-corrected chi connectivity index (χ3v) is 6.69. The van der Waals surface area contributed by atoms with Crippen molar-refractivity contribution in [3.63, 3.8) is 0 Å². The number of aromatic nitrogens is 2. The van der Waals surface area contributed by atoms with E-state index in [-0.39, 0.29) is 29.6 Å². The molecule has 0 saturated heterocycles. The molecule has 0 spiro atoms. The molecule has 3 heterocycles. The van der Waals surface area contributed by atoms with E-state index in [2.05, 4.69) is 20.2 Å². The number of nitrogens with one attached hydrogen (secondary N) is 2. The molecule has 9 nitrogen and oxygen atoms in total. The zero-order chi connectivity index (χ0) is 23.8. The Bertz CT molecular complexity index is 1440. The van der Waals surface area contributed by atoms with Crippen LogP contribution in [0.4, 0.5) is 0 Å². The highest BCUT2D eigenvalue weighted by Crippen LogP contribution is 2.30. The van der Waals surface area contributed by atoms with Crippen LogP contribution in [-0.2, 0) is 10.0 Å². The number of carbonyl (C=O) groups is 1. The summed E-state index contributed by atoms with van der Waals surface area (Å²) in [5.74, 6) is 1.01. The van der Waals surface area contributed by atoms with Crippen molar-refractivity contribution in [3.8, 4) is 11.3 Å². The number of pyridine rings is 1. The lowest BCUT2D eigenvalue weighted by molar-refractivity contribution is 0.0956. The second kappa shape index (κ2) is 8.80. The highest BCUT2D eigenvalue weighted by molar-refractivity contribution is 7.89. The molecule has 172 valence electrons. The minimum Gasteiger partial charge on any atom is -0.466 e. The lowest BCUT2D eigenvalue weighted by atomic mass is 10.1. The normalized spacial score (nSPS) is 11.8. The van der Waals surface area contributed by atoms with Crippen molar-refractivity contribution in [2.45, 2.75) is 32.6 Å². The van der Waals surface area contributed by atoms with Gasteiger partial charge in [-0.3, -0.25) is 4.79 Å². The van der Waals surface area contributed by atoms with Crippen LogP contribution in [-0.4, -0.2) is 37.6 Å². The number of carbonyl (C=O) groups excluding carboxylic acids is 1. The summed E-state index contributed by atoms with van der Waals surface area (Å²) < 4.78 is 38.2. The molecule has 1 aromatic carbocycles. The zero-order valence-corrected chi connectivity index (χ0v) is 19.5. The molecule has 33 heavy (non-hydrogen) atoms. The molecule has 0 unspecified atom stereocenters. The van der Waals surface area contributed by atoms with E-state index in [4.69, 9.17) is 8.94 Å². The topological polar surface area (TPSA) is 127 Å². The molecule has 4 aromatic rings. The number of amides is 1. The predicted octanol–water partition coefficient (Wildman–Crippen LogP) is 3.42. The summed E-state index contributed by atoms with van der Waals surface area (Å²) in [6.45, 7) is 7.39. The third kappa shape index (κ3) is 4.67. The van der Waals surface area contributed by atoms with Gasteiger partial charge >= 0.3 is 0 Å². The second-order valence-corrected chi connectivity index (χ2v) is 9.56. The summed E-state index contributed by atoms with van der Waals surface area (Å²) in [5, 5.41) is 7.20. The van der Waals surface area contributed by atoms with Crippen molar-refractivity contribution in [2.75, 3.05) is 13.1 Å². The summed E-state index contributed by atoms with van der Waals surface area (Å²) in [6.07, 6.45) is 0. The lowest BCUT2D eigenvalue weighted by Crippen LogP contribution is -2.34. The molecule has 0 saturated carbocycles. The van der Waals surface area contributed by atoms with E-state index < -0.39 is 10.0 Å². The first-order chi connectivity index (χ1) is 15.7. The van der Waals surface area contributed by atoms with Crippen molar-refractivity contribution >= 4 is 27.0 Å². The summed E-state index contributed by atoms with van der Waals surface area (Å²) in [4.78, 5) is 17.7. The maximum atomic E-state index is 13.0. The first-order valence-electron chi connectivity index (χ1n) is 10.3. The van der Waals surface area contributed by atoms with E-state index in [0.717, 1.165) is 16.9 Å². The Labute approximate surface area is 191 Å². The summed E-state index contributed by atoms with van der Waals surface area (Å²) in [7, 11) is -3.66. The van der Waals surface area contributed by atoms with Crippen molar-refractivity contribution in [2.24, 2.45) is 0 Å². The standard InChI is InChI=1S/C23H24N4O5S/c1-13-5-7-17(8-6-13)33(29,30)25-10-9-24-22(28)19-12-20(18-11-14(2)31-16(18)4)26-23-21(19)15(3)27-32-23/h5-8,11-12,25H,9-10H2,1-4H3,(H,24,28). The number of rotatable bonds is 7. The fourth-order valence-corrected chi connectivity index (χ4v) is 4.59. The van der Waals surface area contributed by atoms with Gasteiger partial charge in [-0.2, -0.15) is 0 Å². The van der Waals surface area contributed by atoms with Crippen molar-refractivity contribution in [1.29, 1.82) is 0 Å². The highest BCUT2D eigenvalue weighted by atomic mass is 32.2. The summed E-state index contributed by atoms with van der Waals surface area (Å²) >= 11 is 0. The van der Waals surface area contributed by atoms with Gasteiger partial charge in [0.05, 0.1) is 27.2 Å². The number of sulfonamides is 1. The van der Waals surface area contributed by atoms with Crippen LogP contribution in [0.15, 0.2) is 50.2 Å². The first-order valence-corrected chi connectivity index (χ1v) is 11.8. The predicted molar refractivity (Wildman–Crippen MR) is 122 cm³/mol. The molecule has 0 bridgehead atoms. The summed E-state index contributed by atoms with van der Waals surface area (Å²) in [6, 6.07) is 10.0. The molecule has 10 heteroatoms. The highest BCUT2D eigenvalue weighted by Gasteiger charge is 2.21. The van der Waals surface area contributed by atoms with Crippen molar-refractivity contribution in [1.82, 2.24) is 20.2 Å². The smallest absolute Gasteiger partial charge is 0.259 e. The van der Waals surface area contributed by atoms with Gasteiger partial charge in [0.2, 0.25) is 10.0 Å². The summed E-state index contributed by atoms with van der Waals surface area (Å²) in [5.41, 5.74) is 3.37. The van der Waals surface area contributed by atoms with E-state index >= 15 is 0 Å². The number of nitrogens with zero attached hydrogens (tertiary/aromatic N) is 2. The van der Waals surface area contributed by atoms with Crippen LogP contribution < -0.4 is 10.0 Å². The van der Waals surface area contributed by atoms with Crippen LogP contribution in [0.5, 0.6) is 0 Å². The quantitative estimate of drug-likeness (QED) is 0.398. The Morgan fingerprint density at radius 1 is 1.03 bits per heavy atom. The number of aryl methyl sites for hydroxylation is 4. The largest absolute Gasteiger partial charge is 0.466 e. The first kappa shape index (κ1) is 22.7.